The van der Waals surface area contributed by atoms with Crippen LogP contribution in [0.15, 0.2) is 30.3 Å². The van der Waals surface area contributed by atoms with E-state index in [1.54, 1.807) is 0 Å². The quantitative estimate of drug-likeness (QED) is 0.849. The highest BCUT2D eigenvalue weighted by Crippen LogP contribution is 2.25. The predicted molar refractivity (Wildman–Crippen MR) is 101 cm³/mol. The fourth-order valence-electron chi connectivity index (χ4n) is 3.72. The van der Waals surface area contributed by atoms with E-state index in [0.717, 1.165) is 38.0 Å². The Morgan fingerprint density at radius 1 is 1.19 bits per heavy atom. The molecular formula is C20H29N3O3. The molecule has 1 aromatic rings. The van der Waals surface area contributed by atoms with Crippen molar-refractivity contribution in [2.45, 2.75) is 38.7 Å². The van der Waals surface area contributed by atoms with Crippen LogP contribution in [0.25, 0.3) is 0 Å². The lowest BCUT2D eigenvalue weighted by Crippen LogP contribution is -2.45. The maximum atomic E-state index is 12.4. The van der Waals surface area contributed by atoms with Crippen LogP contribution < -0.4 is 10.6 Å². The molecule has 0 unspecified atom stereocenters. The lowest BCUT2D eigenvalue weighted by molar-refractivity contribution is -0.127. The highest BCUT2D eigenvalue weighted by molar-refractivity contribution is 5.89. The van der Waals surface area contributed by atoms with E-state index in [1.807, 2.05) is 42.2 Å². The average Bonchev–Trinajstić information content (AvgIpc) is 3.20. The highest BCUT2D eigenvalue weighted by atomic mass is 16.5. The SMILES string of the molecule is C[C@H](C(=O)NC[C@@H]1CCCO1)C1CCN(C(=O)Nc2ccccc2)CC1. The zero-order valence-corrected chi connectivity index (χ0v) is 15.4. The molecule has 2 aliphatic heterocycles. The molecule has 6 heteroatoms. The number of likely N-dealkylation sites (tertiary alicyclic amines) is 1. The Morgan fingerprint density at radius 2 is 1.92 bits per heavy atom. The minimum absolute atomic E-state index is 0.0317. The van der Waals surface area contributed by atoms with E-state index in [2.05, 4.69) is 10.6 Å². The van der Waals surface area contributed by atoms with Gasteiger partial charge in [0.05, 0.1) is 6.10 Å². The third-order valence-electron chi connectivity index (χ3n) is 5.50. The van der Waals surface area contributed by atoms with Gasteiger partial charge < -0.3 is 20.3 Å². The zero-order chi connectivity index (χ0) is 18.4. The lowest BCUT2D eigenvalue weighted by atomic mass is 9.85. The van der Waals surface area contributed by atoms with Crippen molar-refractivity contribution in [3.63, 3.8) is 0 Å². The van der Waals surface area contributed by atoms with Crippen LogP contribution in [0.1, 0.15) is 32.6 Å². The molecular weight excluding hydrogens is 330 g/mol. The summed E-state index contributed by atoms with van der Waals surface area (Å²) in [7, 11) is 0. The largest absolute Gasteiger partial charge is 0.376 e. The molecule has 0 radical (unpaired) electrons. The molecule has 2 aliphatic rings. The molecule has 6 nitrogen and oxygen atoms in total. The number of hydrogen-bond acceptors (Lipinski definition) is 3. The molecule has 0 aromatic heterocycles. The number of nitrogens with zero attached hydrogens (tertiary/aromatic N) is 1. The molecule has 1 aromatic carbocycles. The number of urea groups is 1. The summed E-state index contributed by atoms with van der Waals surface area (Å²) in [5.74, 6) is 0.392. The fourth-order valence-corrected chi connectivity index (χ4v) is 3.72. The van der Waals surface area contributed by atoms with E-state index in [1.165, 1.54) is 0 Å². The Morgan fingerprint density at radius 3 is 2.58 bits per heavy atom. The monoisotopic (exact) mass is 359 g/mol. The molecule has 142 valence electrons. The molecule has 2 fully saturated rings. The van der Waals surface area contributed by atoms with Crippen molar-refractivity contribution in [2.24, 2.45) is 11.8 Å². The Balaban J connectivity index is 1.40. The van der Waals surface area contributed by atoms with Crippen LogP contribution in [0.5, 0.6) is 0 Å². The summed E-state index contributed by atoms with van der Waals surface area (Å²) < 4.78 is 5.55. The van der Waals surface area contributed by atoms with Crippen LogP contribution in [0, 0.1) is 11.8 Å². The van der Waals surface area contributed by atoms with Crippen molar-refractivity contribution < 1.29 is 14.3 Å². The van der Waals surface area contributed by atoms with E-state index >= 15 is 0 Å². The minimum atomic E-state index is -0.0647. The number of nitrogens with one attached hydrogen (secondary N) is 2. The molecule has 0 spiro atoms. The second kappa shape index (κ2) is 9.03. The molecule has 0 bridgehead atoms. The van der Waals surface area contributed by atoms with E-state index in [0.29, 0.717) is 25.6 Å². The minimum Gasteiger partial charge on any atom is -0.376 e. The van der Waals surface area contributed by atoms with Crippen molar-refractivity contribution in [2.75, 3.05) is 31.6 Å². The molecule has 0 saturated carbocycles. The first-order valence-corrected chi connectivity index (χ1v) is 9.64. The second-order valence-corrected chi connectivity index (χ2v) is 7.29. The van der Waals surface area contributed by atoms with Gasteiger partial charge in [-0.2, -0.15) is 0 Å². The van der Waals surface area contributed by atoms with Crippen molar-refractivity contribution in [3.8, 4) is 0 Å². The number of benzene rings is 1. The van der Waals surface area contributed by atoms with E-state index in [4.69, 9.17) is 4.74 Å². The number of para-hydroxylation sites is 1. The van der Waals surface area contributed by atoms with E-state index in [-0.39, 0.29) is 24.0 Å². The number of rotatable bonds is 5. The summed E-state index contributed by atoms with van der Waals surface area (Å²) >= 11 is 0. The standard InChI is InChI=1S/C20H29N3O3/c1-15(19(24)21-14-18-8-5-13-26-18)16-9-11-23(12-10-16)20(25)22-17-6-3-2-4-7-17/h2-4,6-7,15-16,18H,5,8-14H2,1H3,(H,21,24)(H,22,25)/t15-,18-/m0/s1. The number of ether oxygens (including phenoxy) is 1. The fraction of sp³-hybridized carbons (Fsp3) is 0.600. The van der Waals surface area contributed by atoms with Crippen LogP contribution in [0.3, 0.4) is 0 Å². The number of piperidine rings is 1. The number of carbonyl (C=O) groups excluding carboxylic acids is 2. The van der Waals surface area contributed by atoms with Crippen LogP contribution in [0.4, 0.5) is 10.5 Å². The maximum absolute atomic E-state index is 12.4. The summed E-state index contributed by atoms with van der Waals surface area (Å²) in [6.45, 7) is 4.79. The van der Waals surface area contributed by atoms with Crippen molar-refractivity contribution in [1.82, 2.24) is 10.2 Å². The average molecular weight is 359 g/mol. The molecule has 3 amide bonds. The van der Waals surface area contributed by atoms with Gasteiger partial charge >= 0.3 is 6.03 Å². The Hall–Kier alpha value is -2.08. The number of hydrogen-bond donors (Lipinski definition) is 2. The van der Waals surface area contributed by atoms with Gasteiger partial charge in [0.1, 0.15) is 0 Å². The van der Waals surface area contributed by atoms with E-state index in [9.17, 15) is 9.59 Å². The van der Waals surface area contributed by atoms with Gasteiger partial charge in [-0.1, -0.05) is 25.1 Å². The molecule has 0 aliphatic carbocycles. The topological polar surface area (TPSA) is 70.7 Å². The smallest absolute Gasteiger partial charge is 0.321 e. The summed E-state index contributed by atoms with van der Waals surface area (Å²) in [4.78, 5) is 26.6. The van der Waals surface area contributed by atoms with Crippen molar-refractivity contribution >= 4 is 17.6 Å². The third kappa shape index (κ3) is 4.97. The molecule has 26 heavy (non-hydrogen) atoms. The summed E-state index contributed by atoms with van der Waals surface area (Å²) in [5.41, 5.74) is 0.807. The van der Waals surface area contributed by atoms with Crippen LogP contribution in [-0.2, 0) is 9.53 Å². The normalized spacial score (nSPS) is 22.0. The molecule has 2 N–H and O–H groups in total. The first-order chi connectivity index (χ1) is 12.6. The van der Waals surface area contributed by atoms with Gasteiger partial charge in [0, 0.05) is 37.8 Å². The summed E-state index contributed by atoms with van der Waals surface area (Å²) in [5, 5.41) is 5.96. The Kier molecular flexibility index (Phi) is 6.50. The van der Waals surface area contributed by atoms with Gasteiger partial charge in [-0.3, -0.25) is 4.79 Å². The Bertz CT molecular complexity index is 594. The highest BCUT2D eigenvalue weighted by Gasteiger charge is 2.30. The molecule has 2 saturated heterocycles. The van der Waals surface area contributed by atoms with Gasteiger partial charge in [-0.25, -0.2) is 4.79 Å². The van der Waals surface area contributed by atoms with Crippen molar-refractivity contribution in [1.29, 1.82) is 0 Å². The van der Waals surface area contributed by atoms with E-state index < -0.39 is 0 Å². The van der Waals surface area contributed by atoms with Crippen LogP contribution in [-0.4, -0.2) is 49.2 Å². The first-order valence-electron chi connectivity index (χ1n) is 9.64. The number of anilines is 1. The zero-order valence-electron chi connectivity index (χ0n) is 15.4. The van der Waals surface area contributed by atoms with Gasteiger partial charge in [-0.05, 0) is 43.7 Å². The number of amides is 3. The molecule has 2 heterocycles. The van der Waals surface area contributed by atoms with Gasteiger partial charge in [0.25, 0.3) is 0 Å². The van der Waals surface area contributed by atoms with Crippen molar-refractivity contribution in [3.05, 3.63) is 30.3 Å². The Labute approximate surface area is 155 Å². The third-order valence-corrected chi connectivity index (χ3v) is 5.50. The van der Waals surface area contributed by atoms with Crippen LogP contribution in [0.2, 0.25) is 0 Å². The van der Waals surface area contributed by atoms with Gasteiger partial charge in [0.15, 0.2) is 0 Å². The number of carbonyl (C=O) groups is 2. The molecule has 2 atom stereocenters. The second-order valence-electron chi connectivity index (χ2n) is 7.29. The summed E-state index contributed by atoms with van der Waals surface area (Å²) in [6, 6.07) is 9.42. The van der Waals surface area contributed by atoms with Gasteiger partial charge in [0.2, 0.25) is 5.91 Å². The van der Waals surface area contributed by atoms with Crippen LogP contribution >= 0.6 is 0 Å². The van der Waals surface area contributed by atoms with Gasteiger partial charge in [-0.15, -0.1) is 0 Å². The summed E-state index contributed by atoms with van der Waals surface area (Å²) in [6.07, 6.45) is 4.01. The first kappa shape index (κ1) is 18.7. The maximum Gasteiger partial charge on any atom is 0.321 e. The predicted octanol–water partition coefficient (Wildman–Crippen LogP) is 2.86. The molecule has 3 rings (SSSR count). The lowest BCUT2D eigenvalue weighted by Gasteiger charge is -2.34.